The number of amides is 3. The van der Waals surface area contributed by atoms with Gasteiger partial charge in [0, 0.05) is 74.4 Å². The highest BCUT2D eigenvalue weighted by Crippen LogP contribution is 2.44. The molecule has 1 saturated carbocycles. The largest absolute Gasteiger partial charge is 0.467 e. The zero-order chi connectivity index (χ0) is 49.2. The first kappa shape index (κ1) is 52.3. The summed E-state index contributed by atoms with van der Waals surface area (Å²) >= 11 is 1.51. The molecule has 15 heteroatoms. The number of nitrogens with one attached hydrogen (secondary N) is 2. The van der Waals surface area contributed by atoms with Crippen molar-refractivity contribution in [1.82, 2.24) is 35.5 Å². The monoisotopic (exact) mass is 968 g/mol. The lowest BCUT2D eigenvalue weighted by Gasteiger charge is -2.35. The number of carbonyl (C=O) groups excluding carboxylic acids is 4. The maximum atomic E-state index is 14.8. The molecule has 5 unspecified atom stereocenters. The number of pyridine rings is 1. The van der Waals surface area contributed by atoms with Crippen molar-refractivity contribution in [3.63, 3.8) is 0 Å². The van der Waals surface area contributed by atoms with Crippen LogP contribution < -0.4 is 10.7 Å². The van der Waals surface area contributed by atoms with Gasteiger partial charge < -0.3 is 24.4 Å². The molecule has 2 aromatic heterocycles. The summed E-state index contributed by atoms with van der Waals surface area (Å²) < 4.78 is 16.6. The molecule has 6 atom stereocenters. The molecule has 5 heterocycles. The van der Waals surface area contributed by atoms with Gasteiger partial charge in [-0.1, -0.05) is 58.7 Å². The summed E-state index contributed by atoms with van der Waals surface area (Å²) in [5, 5.41) is 7.83. The Bertz CT molecular complexity index is 2270. The first-order valence-corrected chi connectivity index (χ1v) is 26.4. The molecule has 2 N–H and O–H groups in total. The van der Waals surface area contributed by atoms with E-state index in [1.807, 2.05) is 31.0 Å². The van der Waals surface area contributed by atoms with E-state index in [0.717, 1.165) is 109 Å². The zero-order valence-electron chi connectivity index (χ0n) is 42.4. The van der Waals surface area contributed by atoms with Crippen LogP contribution in [0.4, 0.5) is 0 Å². The minimum absolute atomic E-state index is 0.0635. The molecule has 0 radical (unpaired) electrons. The number of epoxide rings is 1. The molecule has 3 aromatic rings. The Balaban J connectivity index is 1.19. The highest BCUT2D eigenvalue weighted by molar-refractivity contribution is 7.10. The number of thiazole rings is 1. The van der Waals surface area contributed by atoms with Gasteiger partial charge in [-0.05, 0) is 124 Å². The van der Waals surface area contributed by atoms with Gasteiger partial charge in [0.2, 0.25) is 5.91 Å². The van der Waals surface area contributed by atoms with Gasteiger partial charge >= 0.3 is 0 Å². The van der Waals surface area contributed by atoms with Crippen LogP contribution in [0.3, 0.4) is 0 Å². The number of hydrogen-bond donors (Lipinski definition) is 2. The number of rotatable bonds is 23. The Morgan fingerprint density at radius 3 is 2.54 bits per heavy atom. The molecule has 3 aliphatic heterocycles. The topological polar surface area (TPSA) is 159 Å². The van der Waals surface area contributed by atoms with Crippen molar-refractivity contribution in [1.29, 1.82) is 0 Å². The highest BCUT2D eigenvalue weighted by atomic mass is 32.1. The number of aryl methyl sites for hydroxylation is 1. The van der Waals surface area contributed by atoms with E-state index in [-0.39, 0.29) is 66.8 Å². The van der Waals surface area contributed by atoms with Gasteiger partial charge in [0.1, 0.15) is 6.04 Å². The third-order valence-corrected chi connectivity index (χ3v) is 15.8. The van der Waals surface area contributed by atoms with Crippen LogP contribution in [0, 0.1) is 30.1 Å². The summed E-state index contributed by atoms with van der Waals surface area (Å²) in [4.78, 5) is 68.0. The van der Waals surface area contributed by atoms with Crippen molar-refractivity contribution in [3.05, 3.63) is 69.3 Å². The molecule has 0 bridgehead atoms. The number of hydrogen-bond acceptors (Lipinski definition) is 12. The molecule has 3 saturated heterocycles. The molecule has 14 nitrogen and oxygen atoms in total. The smallest absolute Gasteiger partial charge is 0.293 e. The molecule has 69 heavy (non-hydrogen) atoms. The first-order chi connectivity index (χ1) is 33.2. The molecule has 1 aliphatic carbocycles. The number of carbonyl (C=O) groups is 4. The van der Waals surface area contributed by atoms with Crippen LogP contribution in [0.1, 0.15) is 133 Å². The van der Waals surface area contributed by atoms with Crippen LogP contribution in [0.15, 0.2) is 41.9 Å². The molecule has 7 rings (SSSR count). The van der Waals surface area contributed by atoms with Crippen molar-refractivity contribution < 1.29 is 33.4 Å². The van der Waals surface area contributed by atoms with Gasteiger partial charge in [0.05, 0.1) is 41.8 Å². The number of likely N-dealkylation sites (N-methyl/N-ethyl adjacent to an activating group) is 1. The van der Waals surface area contributed by atoms with E-state index >= 15 is 0 Å². The Morgan fingerprint density at radius 2 is 1.86 bits per heavy atom. The summed E-state index contributed by atoms with van der Waals surface area (Å²) in [6.45, 7) is 20.3. The number of benzene rings is 1. The van der Waals surface area contributed by atoms with Crippen molar-refractivity contribution in [2.45, 2.75) is 137 Å². The second kappa shape index (κ2) is 24.0. The van der Waals surface area contributed by atoms with Crippen molar-refractivity contribution >= 4 is 46.7 Å². The van der Waals surface area contributed by atoms with Crippen LogP contribution in [0.5, 0.6) is 0 Å². The van der Waals surface area contributed by atoms with E-state index in [9.17, 15) is 19.2 Å². The van der Waals surface area contributed by atoms with Gasteiger partial charge in [-0.3, -0.25) is 34.1 Å². The van der Waals surface area contributed by atoms with E-state index in [2.05, 4.69) is 79.9 Å². The van der Waals surface area contributed by atoms with Crippen LogP contribution in [0.25, 0.3) is 22.4 Å². The quantitative estimate of drug-likeness (QED) is 0.0700. The molecule has 0 spiro atoms. The van der Waals surface area contributed by atoms with Crippen molar-refractivity contribution in [2.24, 2.45) is 23.2 Å². The van der Waals surface area contributed by atoms with Crippen LogP contribution in [-0.2, 0) is 39.8 Å². The Kier molecular flexibility index (Phi) is 18.2. The Hall–Kier alpha value is -4.54. The van der Waals surface area contributed by atoms with E-state index in [4.69, 9.17) is 24.2 Å². The average molecular weight is 968 g/mol. The number of methoxy groups -OCH3 is 1. The average Bonchev–Trinajstić information content (AvgIpc) is 3.63. The predicted octanol–water partition coefficient (Wildman–Crippen LogP) is 8.05. The van der Waals surface area contributed by atoms with Gasteiger partial charge in [-0.2, -0.15) is 0 Å². The maximum absolute atomic E-state index is 14.8. The van der Waals surface area contributed by atoms with Crippen LogP contribution in [-0.4, -0.2) is 127 Å². The van der Waals surface area contributed by atoms with Crippen LogP contribution in [0.2, 0.25) is 0 Å². The normalized spacial score (nSPS) is 21.0. The minimum Gasteiger partial charge on any atom is -0.467 e. The second-order valence-corrected chi connectivity index (χ2v) is 21.6. The lowest BCUT2D eigenvalue weighted by atomic mass is 9.76. The fourth-order valence-corrected chi connectivity index (χ4v) is 11.6. The van der Waals surface area contributed by atoms with Gasteiger partial charge in [0.15, 0.2) is 6.10 Å². The summed E-state index contributed by atoms with van der Waals surface area (Å²) in [6, 6.07) is 9.45. The number of allylic oxidation sites excluding steroid dienone is 2. The third kappa shape index (κ3) is 13.1. The molecule has 3 amide bonds. The first-order valence-electron chi connectivity index (χ1n) is 25.6. The summed E-state index contributed by atoms with van der Waals surface area (Å²) in [5.41, 5.74) is 11.1. The predicted molar refractivity (Wildman–Crippen MR) is 271 cm³/mol. The highest BCUT2D eigenvalue weighted by Gasteiger charge is 2.42. The number of likely N-dealkylation sites (tertiary alicyclic amines) is 1. The summed E-state index contributed by atoms with van der Waals surface area (Å²) in [5.74, 6) is 0.448. The summed E-state index contributed by atoms with van der Waals surface area (Å²) in [7, 11) is 1.71. The van der Waals surface area contributed by atoms with E-state index in [1.54, 1.807) is 12.1 Å². The summed E-state index contributed by atoms with van der Waals surface area (Å²) in [6.07, 6.45) is 10.0. The van der Waals surface area contributed by atoms with Gasteiger partial charge in [-0.15, -0.1) is 11.3 Å². The van der Waals surface area contributed by atoms with Crippen molar-refractivity contribution in [2.75, 3.05) is 59.6 Å². The van der Waals surface area contributed by atoms with Crippen molar-refractivity contribution in [3.8, 4) is 11.3 Å². The van der Waals surface area contributed by atoms with Crippen LogP contribution >= 0.6 is 11.3 Å². The third-order valence-electron chi connectivity index (χ3n) is 14.9. The molecule has 376 valence electrons. The lowest BCUT2D eigenvalue weighted by molar-refractivity contribution is -0.141. The molecular formula is C54H77N7O7S. The molecular weight excluding hydrogens is 891 g/mol. The van der Waals surface area contributed by atoms with E-state index in [0.29, 0.717) is 45.7 Å². The van der Waals surface area contributed by atoms with E-state index in [1.165, 1.54) is 16.9 Å². The van der Waals surface area contributed by atoms with Gasteiger partial charge in [-0.25, -0.2) is 10.4 Å². The fraction of sp³-hybridized carbons (Fsp3) is 0.630. The number of hydrazine groups is 1. The minimum atomic E-state index is -0.809. The Labute approximate surface area is 414 Å². The number of ether oxygens (including phenoxy) is 3. The SMILES string of the molecule is CC[C@@H](C)/C(=C(/CC(C)(C)COC=O)c1cc(-c2csc(CC(NC(=O)C(C3CCCC3)N3CCC(CN(CC)C(=O)C4CO4)C3)C(=O)N3CCCCN3)n2)ccc1C)c1cccnc1C(C)OC. The molecule has 4 fully saturated rings. The molecule has 4 aliphatic rings. The fourth-order valence-electron chi connectivity index (χ4n) is 10.8. The Morgan fingerprint density at radius 1 is 1.07 bits per heavy atom. The lowest BCUT2D eigenvalue weighted by Crippen LogP contribution is -2.59. The van der Waals surface area contributed by atoms with E-state index < -0.39 is 11.5 Å². The maximum Gasteiger partial charge on any atom is 0.293 e. The number of nitrogens with zero attached hydrogens (tertiary/aromatic N) is 5. The number of aromatic nitrogens is 2. The van der Waals surface area contributed by atoms with Gasteiger partial charge in [0.25, 0.3) is 18.3 Å². The zero-order valence-corrected chi connectivity index (χ0v) is 43.2. The molecule has 1 aromatic carbocycles. The standard InChI is InChI=1S/C54H77N7O7S/c1-9-35(3)48(41-18-15-22-55-49(41)37(5)66-8)43(28-54(6,7)33-67-34-62)42-26-40(20-19-36(42)4)45-32-69-47(57-45)27-44(52(64)61-24-14-13-23-56-61)58-51(63)50(39-16-11-12-17-39)60-25-21-38(30-60)29-59(10-2)53(65)46-31-68-46/h15,18-20,22,26,32,34-35,37-39,44,46,50,56H,9-14,16-17,21,23-25,27-31,33H2,1-8H3,(H,58,63)/b48-43+/t35-,37?,38?,44?,46?,50?/m1/s1. The second-order valence-electron chi connectivity index (χ2n) is 20.6.